The minimum atomic E-state index is 0.0457. The fourth-order valence-electron chi connectivity index (χ4n) is 2.96. The zero-order valence-electron chi connectivity index (χ0n) is 13.7. The van der Waals surface area contributed by atoms with Crippen molar-refractivity contribution in [2.24, 2.45) is 0 Å². The number of nitrogens with zero attached hydrogens (tertiary/aromatic N) is 3. The minimum absolute atomic E-state index is 0.0457. The van der Waals surface area contributed by atoms with E-state index in [4.69, 9.17) is 9.47 Å². The Labute approximate surface area is 142 Å². The molecule has 3 rings (SSSR count). The van der Waals surface area contributed by atoms with E-state index in [9.17, 15) is 4.79 Å². The van der Waals surface area contributed by atoms with E-state index in [0.717, 1.165) is 31.7 Å². The van der Waals surface area contributed by atoms with E-state index < -0.39 is 0 Å². The average Bonchev–Trinajstić information content (AvgIpc) is 3.28. The van der Waals surface area contributed by atoms with Gasteiger partial charge in [-0.05, 0) is 31.0 Å². The molecule has 0 bridgehead atoms. The van der Waals surface area contributed by atoms with E-state index in [2.05, 4.69) is 5.10 Å². The molecule has 2 heterocycles. The molecule has 0 unspecified atom stereocenters. The van der Waals surface area contributed by atoms with Crippen molar-refractivity contribution in [3.8, 4) is 5.75 Å². The largest absolute Gasteiger partial charge is 0.491 e. The Bertz CT molecular complexity index is 616. The number of amides is 1. The Morgan fingerprint density at radius 3 is 2.88 bits per heavy atom. The predicted molar refractivity (Wildman–Crippen MR) is 89.7 cm³/mol. The van der Waals surface area contributed by atoms with E-state index >= 15 is 0 Å². The van der Waals surface area contributed by atoms with Gasteiger partial charge in [0, 0.05) is 18.9 Å². The van der Waals surface area contributed by atoms with E-state index in [1.54, 1.807) is 6.20 Å². The van der Waals surface area contributed by atoms with Gasteiger partial charge in [-0.2, -0.15) is 5.10 Å². The Balaban J connectivity index is 1.36. The fourth-order valence-corrected chi connectivity index (χ4v) is 2.96. The van der Waals surface area contributed by atoms with Crippen LogP contribution in [0.1, 0.15) is 12.8 Å². The summed E-state index contributed by atoms with van der Waals surface area (Å²) in [6.07, 6.45) is 5.74. The first-order valence-corrected chi connectivity index (χ1v) is 8.35. The number of likely N-dealkylation sites (tertiary alicyclic amines) is 1. The lowest BCUT2D eigenvalue weighted by Gasteiger charge is -2.24. The van der Waals surface area contributed by atoms with Gasteiger partial charge in [0.25, 0.3) is 0 Å². The van der Waals surface area contributed by atoms with Crippen LogP contribution < -0.4 is 4.74 Å². The molecule has 0 aliphatic carbocycles. The Kier molecular flexibility index (Phi) is 5.85. The maximum atomic E-state index is 12.3. The first kappa shape index (κ1) is 16.5. The van der Waals surface area contributed by atoms with Crippen LogP contribution in [0, 0.1) is 0 Å². The second-order valence-corrected chi connectivity index (χ2v) is 5.83. The molecule has 1 aromatic heterocycles. The van der Waals surface area contributed by atoms with Gasteiger partial charge in [-0.25, -0.2) is 0 Å². The molecular weight excluding hydrogens is 306 g/mol. The van der Waals surface area contributed by atoms with Crippen LogP contribution >= 0.6 is 0 Å². The first-order chi connectivity index (χ1) is 11.8. The summed E-state index contributed by atoms with van der Waals surface area (Å²) in [6.45, 7) is 2.49. The third-order valence-electron chi connectivity index (χ3n) is 4.12. The summed E-state index contributed by atoms with van der Waals surface area (Å²) in [7, 11) is 0. The van der Waals surface area contributed by atoms with Crippen LogP contribution in [0.15, 0.2) is 48.8 Å². The number of hydrogen-bond donors (Lipinski definition) is 0. The lowest BCUT2D eigenvalue weighted by molar-refractivity contribution is -0.137. The van der Waals surface area contributed by atoms with Crippen molar-refractivity contribution in [3.05, 3.63) is 48.8 Å². The number of carbonyl (C=O) groups is 1. The van der Waals surface area contributed by atoms with Gasteiger partial charge < -0.3 is 14.4 Å². The number of carbonyl (C=O) groups excluding carboxylic acids is 1. The van der Waals surface area contributed by atoms with Gasteiger partial charge in [-0.15, -0.1) is 0 Å². The number of para-hydroxylation sites is 1. The average molecular weight is 329 g/mol. The first-order valence-electron chi connectivity index (χ1n) is 8.35. The number of ether oxygens (including phenoxy) is 2. The van der Waals surface area contributed by atoms with Crippen molar-refractivity contribution >= 4 is 5.91 Å². The molecule has 0 spiro atoms. The summed E-state index contributed by atoms with van der Waals surface area (Å²) in [5.41, 5.74) is 0. The van der Waals surface area contributed by atoms with Gasteiger partial charge in [0.2, 0.25) is 5.91 Å². The smallest absolute Gasteiger partial charge is 0.248 e. The lowest BCUT2D eigenvalue weighted by Crippen LogP contribution is -2.40. The highest BCUT2D eigenvalue weighted by atomic mass is 16.5. The summed E-state index contributed by atoms with van der Waals surface area (Å²) < 4.78 is 12.9. The molecule has 1 aromatic carbocycles. The van der Waals surface area contributed by atoms with E-state index in [1.807, 2.05) is 52.2 Å². The summed E-state index contributed by atoms with van der Waals surface area (Å²) in [5.74, 6) is 0.857. The third kappa shape index (κ3) is 4.58. The SMILES string of the molecule is O=C(COCCOc1ccccc1)N1CCC[C@H]1Cn1cccn1. The van der Waals surface area contributed by atoms with Crippen LogP contribution in [0.4, 0.5) is 0 Å². The molecule has 1 saturated heterocycles. The summed E-state index contributed by atoms with van der Waals surface area (Å²) in [4.78, 5) is 14.3. The Morgan fingerprint density at radius 1 is 1.21 bits per heavy atom. The number of benzene rings is 1. The predicted octanol–water partition coefficient (Wildman–Crippen LogP) is 1.97. The number of rotatable bonds is 8. The van der Waals surface area contributed by atoms with Crippen molar-refractivity contribution in [2.75, 3.05) is 26.4 Å². The Hall–Kier alpha value is -2.34. The molecule has 128 valence electrons. The van der Waals surface area contributed by atoms with Gasteiger partial charge in [0.05, 0.1) is 19.2 Å². The topological polar surface area (TPSA) is 56.6 Å². The summed E-state index contributed by atoms with van der Waals surface area (Å²) in [5, 5.41) is 4.22. The Morgan fingerprint density at radius 2 is 2.08 bits per heavy atom. The molecule has 1 aliphatic rings. The van der Waals surface area contributed by atoms with Crippen LogP contribution in [0.2, 0.25) is 0 Å². The molecule has 1 fully saturated rings. The molecule has 24 heavy (non-hydrogen) atoms. The molecular formula is C18H23N3O3. The quantitative estimate of drug-likeness (QED) is 0.695. The standard InChI is InChI=1S/C18H23N3O3/c22-18(15-23-12-13-24-17-7-2-1-3-8-17)21-11-4-6-16(21)14-20-10-5-9-19-20/h1-3,5,7-10,16H,4,6,11-15H2/t16-/m0/s1. The van der Waals surface area contributed by atoms with Gasteiger partial charge in [-0.3, -0.25) is 9.48 Å². The second kappa shape index (κ2) is 8.49. The van der Waals surface area contributed by atoms with Gasteiger partial charge in [0.15, 0.2) is 0 Å². The fraction of sp³-hybridized carbons (Fsp3) is 0.444. The molecule has 6 nitrogen and oxygen atoms in total. The molecule has 2 aromatic rings. The van der Waals surface area contributed by atoms with Crippen LogP contribution in [0.5, 0.6) is 5.75 Å². The zero-order chi connectivity index (χ0) is 16.6. The van der Waals surface area contributed by atoms with Crippen molar-refractivity contribution in [1.82, 2.24) is 14.7 Å². The van der Waals surface area contributed by atoms with Gasteiger partial charge in [0.1, 0.15) is 19.0 Å². The molecule has 1 aliphatic heterocycles. The normalized spacial score (nSPS) is 17.2. The van der Waals surface area contributed by atoms with Gasteiger partial charge in [-0.1, -0.05) is 18.2 Å². The highest BCUT2D eigenvalue weighted by molar-refractivity contribution is 5.78. The monoisotopic (exact) mass is 329 g/mol. The highest BCUT2D eigenvalue weighted by Gasteiger charge is 2.28. The summed E-state index contributed by atoms with van der Waals surface area (Å²) >= 11 is 0. The van der Waals surface area contributed by atoms with Crippen LogP contribution in [0.3, 0.4) is 0 Å². The molecule has 1 amide bonds. The molecule has 1 atom stereocenters. The van der Waals surface area contributed by atoms with Gasteiger partial charge >= 0.3 is 0 Å². The van der Waals surface area contributed by atoms with Crippen molar-refractivity contribution in [1.29, 1.82) is 0 Å². The number of hydrogen-bond acceptors (Lipinski definition) is 4. The van der Waals surface area contributed by atoms with Crippen molar-refractivity contribution in [3.63, 3.8) is 0 Å². The zero-order valence-corrected chi connectivity index (χ0v) is 13.7. The molecule has 0 saturated carbocycles. The lowest BCUT2D eigenvalue weighted by atomic mass is 10.2. The van der Waals surface area contributed by atoms with Crippen molar-refractivity contribution < 1.29 is 14.3 Å². The van der Waals surface area contributed by atoms with Crippen LogP contribution in [0.25, 0.3) is 0 Å². The summed E-state index contributed by atoms with van der Waals surface area (Å²) in [6, 6.07) is 11.7. The van der Waals surface area contributed by atoms with Crippen molar-refractivity contribution in [2.45, 2.75) is 25.4 Å². The minimum Gasteiger partial charge on any atom is -0.491 e. The molecule has 6 heteroatoms. The van der Waals surface area contributed by atoms with Crippen LogP contribution in [-0.2, 0) is 16.1 Å². The van der Waals surface area contributed by atoms with E-state index in [1.165, 1.54) is 0 Å². The third-order valence-corrected chi connectivity index (χ3v) is 4.12. The van der Waals surface area contributed by atoms with E-state index in [0.29, 0.717) is 13.2 Å². The van der Waals surface area contributed by atoms with E-state index in [-0.39, 0.29) is 18.6 Å². The maximum absolute atomic E-state index is 12.3. The molecule has 0 radical (unpaired) electrons. The molecule has 0 N–H and O–H groups in total. The second-order valence-electron chi connectivity index (χ2n) is 5.83. The number of aromatic nitrogens is 2. The maximum Gasteiger partial charge on any atom is 0.248 e. The van der Waals surface area contributed by atoms with Crippen LogP contribution in [-0.4, -0.2) is 53.0 Å². The highest BCUT2D eigenvalue weighted by Crippen LogP contribution is 2.18.